The Morgan fingerprint density at radius 3 is 2.17 bits per heavy atom. The van der Waals surface area contributed by atoms with Crippen LogP contribution >= 0.6 is 118 Å². The minimum atomic E-state index is -1.09. The SMILES string of the molecule is CSCSCSCSCSC(=O)NCSCSCSCSC/N=C/S(=O)CSCO. The van der Waals surface area contributed by atoms with Crippen molar-refractivity contribution in [3.05, 3.63) is 0 Å². The van der Waals surface area contributed by atoms with E-state index in [9.17, 15) is 9.00 Å². The highest BCUT2D eigenvalue weighted by Gasteiger charge is 2.02. The predicted molar refractivity (Wildman–Crippen MR) is 163 cm³/mol. The van der Waals surface area contributed by atoms with Crippen molar-refractivity contribution >= 4 is 139 Å². The monoisotopic (exact) mass is 624 g/mol. The zero-order chi connectivity index (χ0) is 22.1. The Kier molecular flexibility index (Phi) is 30.6. The van der Waals surface area contributed by atoms with Gasteiger partial charge in [0.15, 0.2) is 0 Å². The molecule has 178 valence electrons. The minimum Gasteiger partial charge on any atom is -0.386 e. The number of nitrogens with one attached hydrogen (secondary N) is 1. The van der Waals surface area contributed by atoms with Crippen LogP contribution in [0.15, 0.2) is 4.99 Å². The summed E-state index contributed by atoms with van der Waals surface area (Å²) in [4.78, 5) is 15.8. The summed E-state index contributed by atoms with van der Waals surface area (Å²) in [6.45, 7) is 0. The number of amides is 1. The first kappa shape index (κ1) is 32.8. The number of aliphatic imine (C=N–C) groups is 1. The molecule has 2 N–H and O–H groups in total. The fourth-order valence-corrected chi connectivity index (χ4v) is 12.3. The first-order chi connectivity index (χ1) is 14.7. The molecule has 16 heteroatoms. The molecule has 1 amide bonds. The lowest BCUT2D eigenvalue weighted by atomic mass is 11.2. The van der Waals surface area contributed by atoms with E-state index in [0.717, 1.165) is 35.6 Å². The molecule has 0 bridgehead atoms. The molecule has 0 aliphatic rings. The number of thioether (sulfide) groups is 10. The lowest BCUT2D eigenvalue weighted by Gasteiger charge is -2.05. The summed E-state index contributed by atoms with van der Waals surface area (Å²) in [5, 5.41) is 19.0. The first-order valence-corrected chi connectivity index (χ1v) is 21.2. The normalized spacial score (nSPS) is 12.5. The summed E-state index contributed by atoms with van der Waals surface area (Å²) in [7, 11) is -1.09. The molecule has 0 radical (unpaired) electrons. The maximum Gasteiger partial charge on any atom is 0.280 e. The van der Waals surface area contributed by atoms with Crippen molar-refractivity contribution < 1.29 is 14.1 Å². The summed E-state index contributed by atoms with van der Waals surface area (Å²) < 4.78 is 11.4. The molecule has 0 saturated carbocycles. The highest BCUT2D eigenvalue weighted by molar-refractivity contribution is 8.30. The first-order valence-electron chi connectivity index (χ1n) is 8.20. The largest absolute Gasteiger partial charge is 0.386 e. The van der Waals surface area contributed by atoms with Gasteiger partial charge in [-0.1, -0.05) is 11.8 Å². The molecule has 0 aliphatic heterocycles. The summed E-state index contributed by atoms with van der Waals surface area (Å²) >= 11 is 17.2. The molecule has 0 aromatic carbocycles. The van der Waals surface area contributed by atoms with E-state index in [4.69, 9.17) is 5.11 Å². The van der Waals surface area contributed by atoms with Crippen LogP contribution in [0.5, 0.6) is 0 Å². The van der Waals surface area contributed by atoms with Crippen LogP contribution in [0.4, 0.5) is 4.79 Å². The van der Waals surface area contributed by atoms with Crippen molar-refractivity contribution in [2.24, 2.45) is 4.99 Å². The summed E-state index contributed by atoms with van der Waals surface area (Å²) in [6.07, 6.45) is 2.12. The van der Waals surface area contributed by atoms with E-state index in [0.29, 0.717) is 16.8 Å². The Morgan fingerprint density at radius 2 is 1.50 bits per heavy atom. The molecular formula is C14H28N2O3S11. The lowest BCUT2D eigenvalue weighted by Crippen LogP contribution is -2.17. The van der Waals surface area contributed by atoms with Gasteiger partial charge in [0.2, 0.25) is 0 Å². The van der Waals surface area contributed by atoms with E-state index in [1.54, 1.807) is 35.3 Å². The molecule has 0 rings (SSSR count). The standard InChI is InChI=1S/C14H28N2O3S11/c1-20-6-24-9-27-11-28-12-29-14(18)16-3-22-8-26-10-25-7-21-2-15-4-30(19)13-23-5-17/h4,17H,2-3,5-13H2,1H3,(H,16,18)/b15-4+. The molecule has 1 unspecified atom stereocenters. The average Bonchev–Trinajstić information content (AvgIpc) is 2.74. The molecule has 5 nitrogen and oxygen atoms in total. The zero-order valence-corrected chi connectivity index (χ0v) is 25.5. The topological polar surface area (TPSA) is 78.8 Å². The zero-order valence-electron chi connectivity index (χ0n) is 16.6. The van der Waals surface area contributed by atoms with Gasteiger partial charge in [-0.25, -0.2) is 0 Å². The highest BCUT2D eigenvalue weighted by Crippen LogP contribution is 2.23. The molecule has 0 fully saturated rings. The van der Waals surface area contributed by atoms with Crippen LogP contribution in [0, 0.1) is 0 Å². The fourth-order valence-electron chi connectivity index (χ4n) is 1.20. The quantitative estimate of drug-likeness (QED) is 0.0644. The van der Waals surface area contributed by atoms with Crippen LogP contribution in [0.1, 0.15) is 0 Å². The fraction of sp³-hybridized carbons (Fsp3) is 0.857. The van der Waals surface area contributed by atoms with Gasteiger partial charge in [0.05, 0.1) is 39.1 Å². The van der Waals surface area contributed by atoms with Gasteiger partial charge in [-0.2, -0.15) is 11.8 Å². The Hall–Kier alpha value is 2.75. The third-order valence-electron chi connectivity index (χ3n) is 2.28. The smallest absolute Gasteiger partial charge is 0.280 e. The van der Waals surface area contributed by atoms with Crippen molar-refractivity contribution in [2.75, 3.05) is 64.6 Å². The van der Waals surface area contributed by atoms with Crippen LogP contribution in [0.2, 0.25) is 0 Å². The number of rotatable bonds is 22. The molecule has 1 atom stereocenters. The van der Waals surface area contributed by atoms with Crippen molar-refractivity contribution in [1.29, 1.82) is 0 Å². The Morgan fingerprint density at radius 1 is 0.900 bits per heavy atom. The van der Waals surface area contributed by atoms with Gasteiger partial charge in [-0.05, 0) is 6.26 Å². The van der Waals surface area contributed by atoms with E-state index in [1.165, 1.54) is 29.1 Å². The van der Waals surface area contributed by atoms with Crippen LogP contribution in [0.3, 0.4) is 0 Å². The maximum atomic E-state index is 11.7. The van der Waals surface area contributed by atoms with E-state index in [-0.39, 0.29) is 11.2 Å². The molecule has 30 heavy (non-hydrogen) atoms. The third-order valence-corrected chi connectivity index (χ3v) is 14.9. The van der Waals surface area contributed by atoms with Crippen molar-refractivity contribution in [1.82, 2.24) is 5.32 Å². The van der Waals surface area contributed by atoms with Gasteiger partial charge in [0, 0.05) is 35.6 Å². The van der Waals surface area contributed by atoms with Crippen molar-refractivity contribution in [3.63, 3.8) is 0 Å². The Balaban J connectivity index is 3.25. The average molecular weight is 625 g/mol. The van der Waals surface area contributed by atoms with Gasteiger partial charge in [0.25, 0.3) is 5.24 Å². The van der Waals surface area contributed by atoms with Crippen molar-refractivity contribution in [2.45, 2.75) is 0 Å². The number of hydrogen-bond acceptors (Lipinski definition) is 14. The van der Waals surface area contributed by atoms with Crippen molar-refractivity contribution in [3.8, 4) is 0 Å². The predicted octanol–water partition coefficient (Wildman–Crippen LogP) is 5.96. The maximum absolute atomic E-state index is 11.7. The van der Waals surface area contributed by atoms with E-state index < -0.39 is 10.8 Å². The Labute approximate surface area is 225 Å². The minimum absolute atomic E-state index is 0.0110. The van der Waals surface area contributed by atoms with Crippen LogP contribution in [0.25, 0.3) is 0 Å². The number of hydrogen-bond donors (Lipinski definition) is 2. The summed E-state index contributed by atoms with van der Waals surface area (Å²) in [5.41, 5.74) is 1.46. The van der Waals surface area contributed by atoms with Gasteiger partial charge >= 0.3 is 0 Å². The van der Waals surface area contributed by atoms with E-state index in [1.807, 2.05) is 58.8 Å². The van der Waals surface area contributed by atoms with Gasteiger partial charge in [-0.15, -0.1) is 94.1 Å². The summed E-state index contributed by atoms with van der Waals surface area (Å²) in [5.74, 6) is 1.26. The number of carbonyl (C=O) groups is 1. The van der Waals surface area contributed by atoms with Crippen LogP contribution in [-0.4, -0.2) is 84.7 Å². The van der Waals surface area contributed by atoms with Gasteiger partial charge in [0.1, 0.15) is 0 Å². The number of aliphatic hydroxyl groups is 1. The second kappa shape index (κ2) is 28.0. The second-order valence-corrected chi connectivity index (χ2v) is 18.4. The Bertz CT molecular complexity index is 449. The number of aliphatic hydroxyl groups excluding tert-OH is 1. The number of carbonyl (C=O) groups excluding carboxylic acids is 1. The highest BCUT2D eigenvalue weighted by atomic mass is 32.3. The third kappa shape index (κ3) is 27.0. The molecule has 0 heterocycles. The van der Waals surface area contributed by atoms with Gasteiger partial charge in [-0.3, -0.25) is 14.0 Å². The number of nitrogens with zero attached hydrogens (tertiary/aromatic N) is 1. The van der Waals surface area contributed by atoms with Crippen LogP contribution < -0.4 is 5.32 Å². The molecule has 0 aliphatic carbocycles. The van der Waals surface area contributed by atoms with E-state index >= 15 is 0 Å². The molecular weight excluding hydrogens is 597 g/mol. The van der Waals surface area contributed by atoms with Gasteiger partial charge < -0.3 is 10.4 Å². The van der Waals surface area contributed by atoms with Crippen LogP contribution in [-0.2, 0) is 10.8 Å². The molecule has 0 saturated heterocycles. The second-order valence-electron chi connectivity index (χ2n) is 4.54. The molecule has 0 spiro atoms. The lowest BCUT2D eigenvalue weighted by molar-refractivity contribution is 0.262. The van der Waals surface area contributed by atoms with E-state index in [2.05, 4.69) is 16.6 Å². The molecule has 0 aromatic heterocycles. The summed E-state index contributed by atoms with van der Waals surface area (Å²) in [6, 6.07) is 0. The molecule has 0 aromatic rings.